The third kappa shape index (κ3) is 3.64. The fourth-order valence-electron chi connectivity index (χ4n) is 3.92. The van der Waals surface area contributed by atoms with Gasteiger partial charge in [-0.15, -0.1) is 0 Å². The molecule has 1 fully saturated rings. The maximum Gasteiger partial charge on any atom is 0.253 e. The van der Waals surface area contributed by atoms with Gasteiger partial charge in [-0.25, -0.2) is 8.42 Å². The van der Waals surface area contributed by atoms with Crippen LogP contribution in [0, 0.1) is 0 Å². The molecule has 6 heteroatoms. The fraction of sp³-hybridized carbons (Fsp3) is 0.381. The van der Waals surface area contributed by atoms with Gasteiger partial charge < -0.3 is 4.90 Å². The minimum atomic E-state index is -3.49. The van der Waals surface area contributed by atoms with Crippen LogP contribution in [0.15, 0.2) is 53.4 Å². The molecule has 2 aromatic rings. The molecule has 0 atom stereocenters. The van der Waals surface area contributed by atoms with Crippen LogP contribution in [0.3, 0.4) is 0 Å². The van der Waals surface area contributed by atoms with Gasteiger partial charge >= 0.3 is 0 Å². The monoisotopic (exact) mass is 384 g/mol. The summed E-state index contributed by atoms with van der Waals surface area (Å²) in [7, 11) is -3.49. The molecule has 27 heavy (non-hydrogen) atoms. The predicted octanol–water partition coefficient (Wildman–Crippen LogP) is 2.71. The van der Waals surface area contributed by atoms with Crippen molar-refractivity contribution in [2.24, 2.45) is 0 Å². The van der Waals surface area contributed by atoms with Gasteiger partial charge in [0, 0.05) is 31.7 Å². The SMILES string of the molecule is O=C(c1ccc2c(c1)CCCC2)N1CCN(S(=O)(=O)c2ccccc2)CC1. The molecule has 1 saturated heterocycles. The summed E-state index contributed by atoms with van der Waals surface area (Å²) in [6.45, 7) is 1.49. The molecule has 0 saturated carbocycles. The minimum Gasteiger partial charge on any atom is -0.336 e. The van der Waals surface area contributed by atoms with Crippen molar-refractivity contribution < 1.29 is 13.2 Å². The van der Waals surface area contributed by atoms with Crippen molar-refractivity contribution in [1.29, 1.82) is 0 Å². The Morgan fingerprint density at radius 3 is 2.19 bits per heavy atom. The van der Waals surface area contributed by atoms with E-state index >= 15 is 0 Å². The molecule has 142 valence electrons. The average molecular weight is 385 g/mol. The van der Waals surface area contributed by atoms with E-state index in [0.717, 1.165) is 18.4 Å². The number of carbonyl (C=O) groups is 1. The van der Waals surface area contributed by atoms with Gasteiger partial charge in [0.1, 0.15) is 0 Å². The predicted molar refractivity (Wildman–Crippen MR) is 104 cm³/mol. The number of hydrogen-bond acceptors (Lipinski definition) is 3. The summed E-state index contributed by atoms with van der Waals surface area (Å²) >= 11 is 0. The molecule has 1 amide bonds. The summed E-state index contributed by atoms with van der Waals surface area (Å²) in [5.74, 6) is 0.000123. The van der Waals surface area contributed by atoms with E-state index in [9.17, 15) is 13.2 Å². The Bertz CT molecular complexity index is 933. The Kier molecular flexibility index (Phi) is 5.02. The van der Waals surface area contributed by atoms with E-state index in [1.807, 2.05) is 12.1 Å². The third-order valence-corrected chi connectivity index (χ3v) is 7.42. The van der Waals surface area contributed by atoms with Gasteiger partial charge in [-0.05, 0) is 61.1 Å². The Labute approximate surface area is 160 Å². The normalized spacial score (nSPS) is 18.1. The number of aryl methyl sites for hydroxylation is 2. The largest absolute Gasteiger partial charge is 0.336 e. The number of carbonyl (C=O) groups excluding carboxylic acids is 1. The van der Waals surface area contributed by atoms with Crippen molar-refractivity contribution in [2.75, 3.05) is 26.2 Å². The summed E-state index contributed by atoms with van der Waals surface area (Å²) in [5, 5.41) is 0. The highest BCUT2D eigenvalue weighted by Crippen LogP contribution is 2.23. The molecule has 0 spiro atoms. The van der Waals surface area contributed by atoms with Crippen LogP contribution in [0.25, 0.3) is 0 Å². The lowest BCUT2D eigenvalue weighted by Gasteiger charge is -2.34. The second-order valence-corrected chi connectivity index (χ2v) is 9.14. The maximum absolute atomic E-state index is 12.9. The second kappa shape index (κ2) is 7.44. The van der Waals surface area contributed by atoms with Crippen molar-refractivity contribution in [1.82, 2.24) is 9.21 Å². The van der Waals surface area contributed by atoms with E-state index < -0.39 is 10.0 Å². The van der Waals surface area contributed by atoms with Crippen molar-refractivity contribution in [3.63, 3.8) is 0 Å². The molecule has 0 unspecified atom stereocenters. The smallest absolute Gasteiger partial charge is 0.253 e. The number of hydrogen-bond donors (Lipinski definition) is 0. The van der Waals surface area contributed by atoms with E-state index in [2.05, 4.69) is 6.07 Å². The molecule has 0 N–H and O–H groups in total. The first kappa shape index (κ1) is 18.2. The van der Waals surface area contributed by atoms with E-state index in [-0.39, 0.29) is 5.91 Å². The van der Waals surface area contributed by atoms with Gasteiger partial charge in [-0.3, -0.25) is 4.79 Å². The van der Waals surface area contributed by atoms with Gasteiger partial charge in [0.05, 0.1) is 4.90 Å². The summed E-state index contributed by atoms with van der Waals surface area (Å²) in [4.78, 5) is 14.9. The quantitative estimate of drug-likeness (QED) is 0.818. The van der Waals surface area contributed by atoms with E-state index in [0.29, 0.717) is 31.1 Å². The summed E-state index contributed by atoms with van der Waals surface area (Å²) < 4.78 is 26.9. The molecule has 4 rings (SSSR count). The zero-order chi connectivity index (χ0) is 18.9. The van der Waals surface area contributed by atoms with Gasteiger partial charge in [-0.2, -0.15) is 4.31 Å². The molecule has 1 heterocycles. The fourth-order valence-corrected chi connectivity index (χ4v) is 5.37. The minimum absolute atomic E-state index is 0.000123. The van der Waals surface area contributed by atoms with E-state index in [1.165, 1.54) is 28.3 Å². The Morgan fingerprint density at radius 1 is 0.815 bits per heavy atom. The lowest BCUT2D eigenvalue weighted by atomic mass is 9.90. The van der Waals surface area contributed by atoms with Crippen LogP contribution in [0.1, 0.15) is 34.3 Å². The van der Waals surface area contributed by atoms with E-state index in [4.69, 9.17) is 0 Å². The Morgan fingerprint density at radius 2 is 1.48 bits per heavy atom. The van der Waals surface area contributed by atoms with Crippen molar-refractivity contribution in [3.8, 4) is 0 Å². The van der Waals surface area contributed by atoms with Gasteiger partial charge in [-0.1, -0.05) is 24.3 Å². The van der Waals surface area contributed by atoms with Gasteiger partial charge in [0.2, 0.25) is 10.0 Å². The first-order chi connectivity index (χ1) is 13.1. The highest BCUT2D eigenvalue weighted by Gasteiger charge is 2.30. The number of benzene rings is 2. The zero-order valence-corrected chi connectivity index (χ0v) is 16.1. The lowest BCUT2D eigenvalue weighted by molar-refractivity contribution is 0.0697. The maximum atomic E-state index is 12.9. The molecule has 2 aliphatic rings. The third-order valence-electron chi connectivity index (χ3n) is 5.50. The van der Waals surface area contributed by atoms with Crippen LogP contribution in [0.4, 0.5) is 0 Å². The highest BCUT2D eigenvalue weighted by molar-refractivity contribution is 7.89. The van der Waals surface area contributed by atoms with Crippen molar-refractivity contribution in [2.45, 2.75) is 30.6 Å². The standard InChI is InChI=1S/C21H24N2O3S/c24-21(19-11-10-17-6-4-5-7-18(17)16-19)22-12-14-23(15-13-22)27(25,26)20-8-2-1-3-9-20/h1-3,8-11,16H,4-7,12-15H2. The topological polar surface area (TPSA) is 57.7 Å². The molecular weight excluding hydrogens is 360 g/mol. The van der Waals surface area contributed by atoms with Crippen LogP contribution in [0.5, 0.6) is 0 Å². The first-order valence-electron chi connectivity index (χ1n) is 9.52. The van der Waals surface area contributed by atoms with Crippen molar-refractivity contribution >= 4 is 15.9 Å². The van der Waals surface area contributed by atoms with Crippen LogP contribution in [-0.2, 0) is 22.9 Å². The number of amides is 1. The molecule has 1 aliphatic carbocycles. The molecule has 0 radical (unpaired) electrons. The van der Waals surface area contributed by atoms with Crippen LogP contribution in [-0.4, -0.2) is 49.7 Å². The lowest BCUT2D eigenvalue weighted by Crippen LogP contribution is -2.50. The van der Waals surface area contributed by atoms with Gasteiger partial charge in [0.25, 0.3) is 5.91 Å². The molecule has 5 nitrogen and oxygen atoms in total. The van der Waals surface area contributed by atoms with Crippen LogP contribution >= 0.6 is 0 Å². The number of piperazine rings is 1. The second-order valence-electron chi connectivity index (χ2n) is 7.20. The van der Waals surface area contributed by atoms with Crippen LogP contribution < -0.4 is 0 Å². The van der Waals surface area contributed by atoms with Crippen molar-refractivity contribution in [3.05, 3.63) is 65.2 Å². The summed E-state index contributed by atoms with van der Waals surface area (Å²) in [6.07, 6.45) is 4.54. The molecule has 1 aliphatic heterocycles. The average Bonchev–Trinajstić information content (AvgIpc) is 2.73. The molecule has 2 aromatic carbocycles. The van der Waals surface area contributed by atoms with Gasteiger partial charge in [0.15, 0.2) is 0 Å². The Hall–Kier alpha value is -2.18. The number of sulfonamides is 1. The summed E-state index contributed by atoms with van der Waals surface area (Å²) in [6, 6.07) is 14.5. The first-order valence-corrected chi connectivity index (χ1v) is 11.0. The van der Waals surface area contributed by atoms with E-state index in [1.54, 1.807) is 35.2 Å². The Balaban J connectivity index is 1.44. The number of fused-ring (bicyclic) bond motifs is 1. The van der Waals surface area contributed by atoms with Crippen LogP contribution in [0.2, 0.25) is 0 Å². The zero-order valence-electron chi connectivity index (χ0n) is 15.3. The number of rotatable bonds is 3. The molecular formula is C21H24N2O3S. The number of nitrogens with zero attached hydrogens (tertiary/aromatic N) is 2. The summed E-state index contributed by atoms with van der Waals surface area (Å²) in [5.41, 5.74) is 3.36. The molecule has 0 aromatic heterocycles. The molecule has 0 bridgehead atoms. The highest BCUT2D eigenvalue weighted by atomic mass is 32.2.